The van der Waals surface area contributed by atoms with Crippen molar-refractivity contribution >= 4 is 64.4 Å². The Morgan fingerprint density at radius 3 is 2.06 bits per heavy atom. The van der Waals surface area contributed by atoms with Crippen molar-refractivity contribution in [2.45, 2.75) is 0 Å². The van der Waals surface area contributed by atoms with Crippen molar-refractivity contribution in [3.63, 3.8) is 0 Å². The second kappa shape index (κ2) is 10.7. The van der Waals surface area contributed by atoms with E-state index in [2.05, 4.69) is 140 Å². The standard InChI is InChI=1S/C44H26N2OS/c1-2-9-27(10-3-1)29-17-20-30(21-18-29)41-43-42(34-13-6-7-16-39(34)48-43)46-44(45-41)35-14-8-15-38-40(35)36-26-33(23-24-37(36)47-38)32-22-19-28-11-4-5-12-31(28)25-32/h1-26H. The van der Waals surface area contributed by atoms with Crippen molar-refractivity contribution in [3.8, 4) is 44.9 Å². The number of nitrogens with zero attached hydrogens (tertiary/aromatic N) is 2. The maximum atomic E-state index is 6.44. The van der Waals surface area contributed by atoms with Gasteiger partial charge >= 0.3 is 0 Å². The number of fused-ring (bicyclic) bond motifs is 7. The van der Waals surface area contributed by atoms with Crippen molar-refractivity contribution in [2.24, 2.45) is 0 Å². The maximum Gasteiger partial charge on any atom is 0.161 e. The molecule has 0 N–H and O–H groups in total. The number of benzene rings is 7. The third-order valence-electron chi connectivity index (χ3n) is 9.30. The van der Waals surface area contributed by atoms with Crippen LogP contribution in [0.5, 0.6) is 0 Å². The minimum absolute atomic E-state index is 0.692. The summed E-state index contributed by atoms with van der Waals surface area (Å²) in [5, 5.41) is 5.68. The molecule has 10 aromatic rings. The van der Waals surface area contributed by atoms with Crippen molar-refractivity contribution in [3.05, 3.63) is 158 Å². The molecule has 0 saturated heterocycles. The van der Waals surface area contributed by atoms with Crippen LogP contribution in [0.3, 0.4) is 0 Å². The number of furan rings is 1. The van der Waals surface area contributed by atoms with E-state index in [0.29, 0.717) is 5.82 Å². The lowest BCUT2D eigenvalue weighted by molar-refractivity contribution is 0.669. The van der Waals surface area contributed by atoms with Crippen LogP contribution in [0.1, 0.15) is 0 Å². The summed E-state index contributed by atoms with van der Waals surface area (Å²) >= 11 is 1.75. The second-order valence-corrected chi connectivity index (χ2v) is 13.2. The summed E-state index contributed by atoms with van der Waals surface area (Å²) in [5.41, 5.74) is 10.3. The molecule has 0 unspecified atom stereocenters. The zero-order chi connectivity index (χ0) is 31.6. The van der Waals surface area contributed by atoms with Gasteiger partial charge in [0.2, 0.25) is 0 Å². The Morgan fingerprint density at radius 1 is 0.458 bits per heavy atom. The van der Waals surface area contributed by atoms with Gasteiger partial charge in [-0.2, -0.15) is 0 Å². The van der Waals surface area contributed by atoms with Gasteiger partial charge in [0, 0.05) is 32.0 Å². The lowest BCUT2D eigenvalue weighted by Crippen LogP contribution is -1.94. The van der Waals surface area contributed by atoms with Crippen LogP contribution in [-0.2, 0) is 0 Å². The molecule has 0 fully saturated rings. The van der Waals surface area contributed by atoms with Gasteiger partial charge in [-0.1, -0.05) is 127 Å². The van der Waals surface area contributed by atoms with Crippen molar-refractivity contribution in [1.29, 1.82) is 0 Å². The highest BCUT2D eigenvalue weighted by molar-refractivity contribution is 7.26. The first-order chi connectivity index (χ1) is 23.8. The predicted molar refractivity (Wildman–Crippen MR) is 201 cm³/mol. The van der Waals surface area contributed by atoms with E-state index in [1.165, 1.54) is 32.2 Å². The number of hydrogen-bond acceptors (Lipinski definition) is 4. The Balaban J connectivity index is 1.19. The molecule has 0 amide bonds. The summed E-state index contributed by atoms with van der Waals surface area (Å²) in [4.78, 5) is 10.6. The molecule has 0 aliphatic rings. The molecule has 0 aliphatic heterocycles. The van der Waals surface area contributed by atoms with Crippen LogP contribution in [0.4, 0.5) is 0 Å². The highest BCUT2D eigenvalue weighted by Gasteiger charge is 2.20. The zero-order valence-corrected chi connectivity index (χ0v) is 26.5. The molecule has 0 spiro atoms. The van der Waals surface area contributed by atoms with E-state index in [1.54, 1.807) is 11.3 Å². The van der Waals surface area contributed by atoms with Crippen LogP contribution in [0, 0.1) is 0 Å². The number of hydrogen-bond donors (Lipinski definition) is 0. The van der Waals surface area contributed by atoms with Crippen LogP contribution in [-0.4, -0.2) is 9.97 Å². The van der Waals surface area contributed by atoms with Crippen LogP contribution in [0.15, 0.2) is 162 Å². The van der Waals surface area contributed by atoms with E-state index < -0.39 is 0 Å². The number of thiophene rings is 1. The van der Waals surface area contributed by atoms with Crippen molar-refractivity contribution in [1.82, 2.24) is 9.97 Å². The monoisotopic (exact) mass is 630 g/mol. The van der Waals surface area contributed by atoms with Gasteiger partial charge in [0.05, 0.1) is 15.9 Å². The molecule has 48 heavy (non-hydrogen) atoms. The van der Waals surface area contributed by atoms with Crippen LogP contribution in [0.2, 0.25) is 0 Å². The molecule has 4 heteroatoms. The summed E-state index contributed by atoms with van der Waals surface area (Å²) in [7, 11) is 0. The average Bonchev–Trinajstić information content (AvgIpc) is 3.73. The fraction of sp³-hybridized carbons (Fsp3) is 0. The third kappa shape index (κ3) is 4.34. The fourth-order valence-corrected chi connectivity index (χ4v) is 8.07. The molecule has 3 aromatic heterocycles. The molecule has 10 rings (SSSR count). The van der Waals surface area contributed by atoms with Crippen molar-refractivity contribution in [2.75, 3.05) is 0 Å². The highest BCUT2D eigenvalue weighted by Crippen LogP contribution is 2.42. The first kappa shape index (κ1) is 27.1. The summed E-state index contributed by atoms with van der Waals surface area (Å²) in [6, 6.07) is 55.5. The number of rotatable bonds is 4. The van der Waals surface area contributed by atoms with Crippen LogP contribution >= 0.6 is 11.3 Å². The Hall–Kier alpha value is -6.10. The molecule has 0 aliphatic carbocycles. The smallest absolute Gasteiger partial charge is 0.161 e. The molecule has 7 aromatic carbocycles. The first-order valence-corrected chi connectivity index (χ1v) is 16.9. The molecule has 3 nitrogen and oxygen atoms in total. The van der Waals surface area contributed by atoms with Gasteiger partial charge in [0.25, 0.3) is 0 Å². The van der Waals surface area contributed by atoms with Gasteiger partial charge < -0.3 is 4.42 Å². The van der Waals surface area contributed by atoms with E-state index in [9.17, 15) is 0 Å². The highest BCUT2D eigenvalue weighted by atomic mass is 32.1. The van der Waals surface area contributed by atoms with E-state index in [1.807, 2.05) is 18.2 Å². The van der Waals surface area contributed by atoms with E-state index in [-0.39, 0.29) is 0 Å². The van der Waals surface area contributed by atoms with Crippen LogP contribution in [0.25, 0.3) is 97.9 Å². The molecule has 0 saturated carbocycles. The van der Waals surface area contributed by atoms with E-state index in [4.69, 9.17) is 14.4 Å². The second-order valence-electron chi connectivity index (χ2n) is 12.2. The van der Waals surface area contributed by atoms with Gasteiger partial charge in [-0.15, -0.1) is 11.3 Å². The Bertz CT molecular complexity index is 2830. The zero-order valence-electron chi connectivity index (χ0n) is 25.7. The third-order valence-corrected chi connectivity index (χ3v) is 10.5. The lowest BCUT2D eigenvalue weighted by atomic mass is 9.98. The molecule has 224 valence electrons. The normalized spacial score (nSPS) is 11.8. The average molecular weight is 631 g/mol. The lowest BCUT2D eigenvalue weighted by Gasteiger charge is -2.09. The maximum absolute atomic E-state index is 6.44. The SMILES string of the molecule is c1ccc(-c2ccc(-c3nc(-c4cccc5oc6ccc(-c7ccc8ccccc8c7)cc6c45)nc4c3sc3ccccc34)cc2)cc1. The summed E-state index contributed by atoms with van der Waals surface area (Å²) in [5.74, 6) is 0.692. The Kier molecular flexibility index (Phi) is 6.05. The topological polar surface area (TPSA) is 38.9 Å². The molecular weight excluding hydrogens is 605 g/mol. The summed E-state index contributed by atoms with van der Waals surface area (Å²) < 4.78 is 8.73. The Labute approximate surface area is 280 Å². The quantitative estimate of drug-likeness (QED) is 0.194. The predicted octanol–water partition coefficient (Wildman–Crippen LogP) is 12.6. The minimum atomic E-state index is 0.692. The van der Waals surface area contributed by atoms with E-state index >= 15 is 0 Å². The molecule has 3 heterocycles. The number of aromatic nitrogens is 2. The van der Waals surface area contributed by atoms with Gasteiger partial charge in [-0.25, -0.2) is 9.97 Å². The van der Waals surface area contributed by atoms with Gasteiger partial charge in [0.15, 0.2) is 5.82 Å². The largest absolute Gasteiger partial charge is 0.456 e. The fourth-order valence-electron chi connectivity index (χ4n) is 6.92. The van der Waals surface area contributed by atoms with Crippen molar-refractivity contribution < 1.29 is 4.42 Å². The molecule has 0 radical (unpaired) electrons. The molecule has 0 bridgehead atoms. The first-order valence-electron chi connectivity index (χ1n) is 16.1. The minimum Gasteiger partial charge on any atom is -0.456 e. The Morgan fingerprint density at radius 2 is 1.17 bits per heavy atom. The molecular formula is C44H26N2OS. The van der Waals surface area contributed by atoms with Gasteiger partial charge in [-0.05, 0) is 63.4 Å². The van der Waals surface area contributed by atoms with E-state index in [0.717, 1.165) is 59.9 Å². The van der Waals surface area contributed by atoms with Gasteiger partial charge in [0.1, 0.15) is 11.2 Å². The van der Waals surface area contributed by atoms with Gasteiger partial charge in [-0.3, -0.25) is 0 Å². The molecule has 0 atom stereocenters. The summed E-state index contributed by atoms with van der Waals surface area (Å²) in [6.45, 7) is 0. The summed E-state index contributed by atoms with van der Waals surface area (Å²) in [6.07, 6.45) is 0. The van der Waals surface area contributed by atoms with Crippen LogP contribution < -0.4 is 0 Å².